The Bertz CT molecular complexity index is 817. The number of carbonyl (C=O) groups is 1. The summed E-state index contributed by atoms with van der Waals surface area (Å²) >= 11 is 12.0. The van der Waals surface area contributed by atoms with Gasteiger partial charge in [-0.1, -0.05) is 30.1 Å². The van der Waals surface area contributed by atoms with Gasteiger partial charge in [-0.05, 0) is 25.2 Å². The Hall–Kier alpha value is -2.13. The lowest BCUT2D eigenvalue weighted by molar-refractivity contribution is -0.389. The van der Waals surface area contributed by atoms with Crippen molar-refractivity contribution in [2.45, 2.75) is 40.3 Å². The third-order valence-corrected chi connectivity index (χ3v) is 4.83. The Morgan fingerprint density at radius 2 is 2.04 bits per heavy atom. The summed E-state index contributed by atoms with van der Waals surface area (Å²) in [6.45, 7) is 6.49. The third kappa shape index (κ3) is 4.73. The number of halogens is 2. The molecular formula is C15H20Cl2N6O3. The maximum atomic E-state index is 12.2. The van der Waals surface area contributed by atoms with Crippen LogP contribution in [0.15, 0.2) is 6.07 Å². The molecule has 0 saturated carbocycles. The van der Waals surface area contributed by atoms with Crippen LogP contribution in [-0.4, -0.2) is 36.9 Å². The summed E-state index contributed by atoms with van der Waals surface area (Å²) in [5, 5.41) is 22.5. The molecule has 0 aromatic carbocycles. The van der Waals surface area contributed by atoms with Crippen molar-refractivity contribution in [3.8, 4) is 0 Å². The summed E-state index contributed by atoms with van der Waals surface area (Å²) in [4.78, 5) is 22.4. The van der Waals surface area contributed by atoms with Gasteiger partial charge in [0.05, 0.1) is 35.0 Å². The van der Waals surface area contributed by atoms with Crippen molar-refractivity contribution >= 4 is 34.9 Å². The number of aryl methyl sites for hydroxylation is 3. The fraction of sp³-hybridized carbons (Fsp3) is 0.533. The predicted octanol–water partition coefficient (Wildman–Crippen LogP) is 2.75. The number of nitrogens with one attached hydrogen (secondary N) is 1. The van der Waals surface area contributed by atoms with Crippen molar-refractivity contribution < 1.29 is 9.72 Å². The molecule has 1 amide bonds. The second kappa shape index (κ2) is 8.50. The van der Waals surface area contributed by atoms with Crippen molar-refractivity contribution in [3.05, 3.63) is 37.7 Å². The standard InChI is InChI=1S/C15H20Cl2N6O3/c1-9(8-22-10(2)7-12(20-22)23(25)26)15(24)18-5-4-6-21-14(17)13(16)11(3)19-21/h7,9H,4-6,8H2,1-3H3,(H,18,24). The lowest BCUT2D eigenvalue weighted by atomic mass is 10.1. The SMILES string of the molecule is Cc1nn(CCCNC(=O)C(C)Cn2nc([N+](=O)[O-])cc2C)c(Cl)c1Cl. The molecule has 11 heteroatoms. The van der Waals surface area contributed by atoms with Crippen LogP contribution in [0.1, 0.15) is 24.7 Å². The molecule has 0 radical (unpaired) electrons. The number of hydrogen-bond donors (Lipinski definition) is 1. The summed E-state index contributed by atoms with van der Waals surface area (Å²) in [5.74, 6) is -0.748. The van der Waals surface area contributed by atoms with Crippen molar-refractivity contribution in [2.75, 3.05) is 6.54 Å². The highest BCUT2D eigenvalue weighted by molar-refractivity contribution is 6.41. The highest BCUT2D eigenvalue weighted by atomic mass is 35.5. The average molecular weight is 403 g/mol. The van der Waals surface area contributed by atoms with Gasteiger partial charge in [-0.3, -0.25) is 9.48 Å². The molecule has 1 atom stereocenters. The Balaban J connectivity index is 1.80. The van der Waals surface area contributed by atoms with E-state index in [9.17, 15) is 14.9 Å². The summed E-state index contributed by atoms with van der Waals surface area (Å²) < 4.78 is 3.07. The first-order valence-electron chi connectivity index (χ1n) is 8.05. The van der Waals surface area contributed by atoms with Gasteiger partial charge in [-0.25, -0.2) is 0 Å². The molecule has 0 fully saturated rings. The number of aromatic nitrogens is 4. The number of nitro groups is 1. The summed E-state index contributed by atoms with van der Waals surface area (Å²) in [7, 11) is 0. The largest absolute Gasteiger partial charge is 0.390 e. The molecule has 26 heavy (non-hydrogen) atoms. The molecule has 0 spiro atoms. The van der Waals surface area contributed by atoms with Crippen LogP contribution in [0.2, 0.25) is 10.2 Å². The van der Waals surface area contributed by atoms with E-state index in [1.54, 1.807) is 25.5 Å². The Morgan fingerprint density at radius 1 is 1.35 bits per heavy atom. The zero-order valence-electron chi connectivity index (χ0n) is 14.7. The van der Waals surface area contributed by atoms with Gasteiger partial charge in [-0.15, -0.1) is 0 Å². The first kappa shape index (κ1) is 20.2. The van der Waals surface area contributed by atoms with Gasteiger partial charge in [0.25, 0.3) is 0 Å². The van der Waals surface area contributed by atoms with E-state index >= 15 is 0 Å². The number of rotatable bonds is 8. The van der Waals surface area contributed by atoms with Crippen molar-refractivity contribution in [3.63, 3.8) is 0 Å². The minimum Gasteiger partial charge on any atom is -0.358 e. The van der Waals surface area contributed by atoms with Crippen LogP contribution in [-0.2, 0) is 17.9 Å². The molecule has 2 aromatic rings. The molecule has 2 aromatic heterocycles. The maximum absolute atomic E-state index is 12.2. The Kier molecular flexibility index (Phi) is 6.60. The number of nitrogens with zero attached hydrogens (tertiary/aromatic N) is 5. The van der Waals surface area contributed by atoms with Crippen LogP contribution in [0.5, 0.6) is 0 Å². The van der Waals surface area contributed by atoms with Gasteiger partial charge in [0.15, 0.2) is 0 Å². The molecule has 1 N–H and O–H groups in total. The lowest BCUT2D eigenvalue weighted by Gasteiger charge is -2.11. The first-order valence-corrected chi connectivity index (χ1v) is 8.81. The lowest BCUT2D eigenvalue weighted by Crippen LogP contribution is -2.33. The van der Waals surface area contributed by atoms with Crippen LogP contribution in [0.4, 0.5) is 5.82 Å². The van der Waals surface area contributed by atoms with Crippen molar-refractivity contribution in [2.24, 2.45) is 5.92 Å². The van der Waals surface area contributed by atoms with E-state index < -0.39 is 4.92 Å². The molecule has 0 aliphatic rings. The fourth-order valence-electron chi connectivity index (χ4n) is 2.40. The number of amides is 1. The van der Waals surface area contributed by atoms with Crippen LogP contribution in [0, 0.1) is 29.9 Å². The number of carbonyl (C=O) groups excluding carboxylic acids is 1. The van der Waals surface area contributed by atoms with Crippen molar-refractivity contribution in [1.82, 2.24) is 24.9 Å². The van der Waals surface area contributed by atoms with E-state index in [4.69, 9.17) is 23.2 Å². The summed E-state index contributed by atoms with van der Waals surface area (Å²) in [6, 6.07) is 1.38. The molecule has 0 bridgehead atoms. The van der Waals surface area contributed by atoms with Gasteiger partial charge >= 0.3 is 5.82 Å². The second-order valence-corrected chi connectivity index (χ2v) is 6.78. The molecule has 2 rings (SSSR count). The van der Waals surface area contributed by atoms with Crippen LogP contribution in [0.25, 0.3) is 0 Å². The molecular weight excluding hydrogens is 383 g/mol. The Morgan fingerprint density at radius 3 is 2.58 bits per heavy atom. The molecule has 142 valence electrons. The van der Waals surface area contributed by atoms with Gasteiger partial charge in [0.2, 0.25) is 5.91 Å². The third-order valence-electron chi connectivity index (χ3n) is 3.89. The van der Waals surface area contributed by atoms with E-state index in [0.29, 0.717) is 41.1 Å². The Labute approximate surface area is 160 Å². The molecule has 0 aliphatic carbocycles. The molecule has 0 aliphatic heterocycles. The van der Waals surface area contributed by atoms with Crippen LogP contribution < -0.4 is 5.32 Å². The maximum Gasteiger partial charge on any atom is 0.390 e. The van der Waals surface area contributed by atoms with E-state index in [-0.39, 0.29) is 24.2 Å². The predicted molar refractivity (Wildman–Crippen MR) is 97.4 cm³/mol. The average Bonchev–Trinajstić information content (AvgIpc) is 3.07. The molecule has 1 unspecified atom stereocenters. The molecule has 2 heterocycles. The highest BCUT2D eigenvalue weighted by Crippen LogP contribution is 2.24. The molecule has 9 nitrogen and oxygen atoms in total. The van der Waals surface area contributed by atoms with Gasteiger partial charge in [0, 0.05) is 13.1 Å². The minimum absolute atomic E-state index is 0.150. The van der Waals surface area contributed by atoms with Crippen LogP contribution in [0.3, 0.4) is 0 Å². The smallest absolute Gasteiger partial charge is 0.358 e. The summed E-state index contributed by atoms with van der Waals surface area (Å²) in [5.41, 5.74) is 1.30. The number of hydrogen-bond acceptors (Lipinski definition) is 5. The van der Waals surface area contributed by atoms with Crippen molar-refractivity contribution in [1.29, 1.82) is 0 Å². The first-order chi connectivity index (χ1) is 12.2. The van der Waals surface area contributed by atoms with E-state index in [2.05, 4.69) is 15.5 Å². The van der Waals surface area contributed by atoms with Crippen LogP contribution >= 0.6 is 23.2 Å². The monoisotopic (exact) mass is 402 g/mol. The fourth-order valence-corrected chi connectivity index (χ4v) is 2.80. The van der Waals surface area contributed by atoms with E-state index in [0.717, 1.165) is 0 Å². The topological polar surface area (TPSA) is 108 Å². The minimum atomic E-state index is -0.553. The van der Waals surface area contributed by atoms with Gasteiger partial charge < -0.3 is 15.4 Å². The summed E-state index contributed by atoms with van der Waals surface area (Å²) in [6.07, 6.45) is 0.641. The quantitative estimate of drug-likeness (QED) is 0.414. The van der Waals surface area contributed by atoms with Gasteiger partial charge in [0.1, 0.15) is 10.2 Å². The highest BCUT2D eigenvalue weighted by Gasteiger charge is 2.20. The zero-order chi connectivity index (χ0) is 19.4. The normalized spacial score (nSPS) is 12.2. The van der Waals surface area contributed by atoms with E-state index in [1.165, 1.54) is 10.7 Å². The van der Waals surface area contributed by atoms with E-state index in [1.807, 2.05) is 0 Å². The second-order valence-electron chi connectivity index (χ2n) is 6.04. The molecule has 0 saturated heterocycles. The van der Waals surface area contributed by atoms with Gasteiger partial charge in [-0.2, -0.15) is 9.78 Å². The zero-order valence-corrected chi connectivity index (χ0v) is 16.2.